The van der Waals surface area contributed by atoms with Crippen LogP contribution in [-0.2, 0) is 27.3 Å². The maximum absolute atomic E-state index is 13.2. The maximum Gasteiger partial charge on any atom is 0.319 e. The fourth-order valence-electron chi connectivity index (χ4n) is 4.86. The Balaban J connectivity index is 0.000000298. The number of aryl methyl sites for hydroxylation is 2. The lowest BCUT2D eigenvalue weighted by Gasteiger charge is -2.36. The summed E-state index contributed by atoms with van der Waals surface area (Å²) in [6, 6.07) is 13.1. The van der Waals surface area contributed by atoms with Gasteiger partial charge in [0.25, 0.3) is 0 Å². The fraction of sp³-hybridized carbons (Fsp3) is 0.447. The average molecular weight is 739 g/mol. The fourth-order valence-corrected chi connectivity index (χ4v) is 6.00. The summed E-state index contributed by atoms with van der Waals surface area (Å²) in [6.07, 6.45) is 7.49. The van der Waals surface area contributed by atoms with Crippen LogP contribution in [0.3, 0.4) is 0 Å². The smallest absolute Gasteiger partial charge is 0.319 e. The number of methoxy groups -OCH3 is 1. The number of fused-ring (bicyclic) bond motifs is 1. The molecule has 1 aliphatic heterocycles. The van der Waals surface area contributed by atoms with Gasteiger partial charge in [-0.25, -0.2) is 9.18 Å². The van der Waals surface area contributed by atoms with Crippen molar-refractivity contribution in [2.45, 2.75) is 53.1 Å². The van der Waals surface area contributed by atoms with Gasteiger partial charge < -0.3 is 30.9 Å². The summed E-state index contributed by atoms with van der Waals surface area (Å²) in [5.41, 5.74) is 5.74. The summed E-state index contributed by atoms with van der Waals surface area (Å²) in [4.78, 5) is 44.9. The minimum absolute atomic E-state index is 0.190. The van der Waals surface area contributed by atoms with Gasteiger partial charge in [-0.1, -0.05) is 25.5 Å². The molecule has 4 heterocycles. The molecule has 0 spiro atoms. The molecule has 12 nitrogen and oxygen atoms in total. The third-order valence-electron chi connectivity index (χ3n) is 7.62. The lowest BCUT2D eigenvalue weighted by Crippen LogP contribution is -2.58. The molecule has 1 aromatic carbocycles. The molecule has 0 atom stereocenters. The highest BCUT2D eigenvalue weighted by molar-refractivity contribution is 7.22. The Morgan fingerprint density at radius 3 is 2.31 bits per heavy atom. The summed E-state index contributed by atoms with van der Waals surface area (Å²) in [6.45, 7) is 13.3. The molecule has 5 rings (SSSR count). The zero-order valence-electron chi connectivity index (χ0n) is 31.5. The largest absolute Gasteiger partial charge is 0.383 e. The van der Waals surface area contributed by atoms with Crippen LogP contribution in [0.1, 0.15) is 43.9 Å². The number of likely N-dealkylation sites (N-methyl/N-ethyl adjacent to an activating group) is 2. The number of thiophene rings is 1. The molecule has 3 aromatic heterocycles. The maximum atomic E-state index is 13.2. The molecule has 4 amide bonds. The van der Waals surface area contributed by atoms with Crippen molar-refractivity contribution in [3.63, 3.8) is 0 Å². The number of ether oxygens (including phenoxy) is 1. The first-order valence-electron chi connectivity index (χ1n) is 17.4. The quantitative estimate of drug-likeness (QED) is 0.125. The highest BCUT2D eigenvalue weighted by Gasteiger charge is 2.24. The summed E-state index contributed by atoms with van der Waals surface area (Å²) in [7, 11) is 5.82. The third kappa shape index (κ3) is 15.8. The van der Waals surface area contributed by atoms with Gasteiger partial charge in [0, 0.05) is 64.5 Å². The zero-order chi connectivity index (χ0) is 38.3. The van der Waals surface area contributed by atoms with E-state index in [0.29, 0.717) is 24.1 Å². The van der Waals surface area contributed by atoms with Crippen LogP contribution < -0.4 is 21.3 Å². The van der Waals surface area contributed by atoms with Crippen molar-refractivity contribution < 1.29 is 23.5 Å². The van der Waals surface area contributed by atoms with Gasteiger partial charge in [0.2, 0.25) is 12.8 Å². The number of aromatic nitrogens is 2. The van der Waals surface area contributed by atoms with Gasteiger partial charge in [-0.15, -0.1) is 11.3 Å². The molecule has 0 bridgehead atoms. The number of carbonyl (C=O) groups is 3. The van der Waals surface area contributed by atoms with Crippen molar-refractivity contribution in [1.82, 2.24) is 35.7 Å². The molecule has 14 heteroatoms. The monoisotopic (exact) mass is 738 g/mol. The van der Waals surface area contributed by atoms with Gasteiger partial charge in [0.05, 0.1) is 33.4 Å². The van der Waals surface area contributed by atoms with Crippen molar-refractivity contribution in [1.29, 1.82) is 0 Å². The number of carbonyl (C=O) groups excluding carboxylic acids is 3. The number of rotatable bonds is 14. The second-order valence-corrected chi connectivity index (χ2v) is 13.2. The second kappa shape index (κ2) is 24.6. The number of urea groups is 1. The van der Waals surface area contributed by atoms with Gasteiger partial charge in [-0.2, -0.15) is 0 Å². The van der Waals surface area contributed by atoms with Gasteiger partial charge in [0.1, 0.15) is 5.82 Å². The number of nitrogens with zero attached hydrogens (tertiary/aromatic N) is 4. The molecule has 4 aromatic rings. The summed E-state index contributed by atoms with van der Waals surface area (Å²) < 4.78 is 19.7. The highest BCUT2D eigenvalue weighted by atomic mass is 32.1. The first-order valence-corrected chi connectivity index (χ1v) is 18.3. The number of pyridine rings is 2. The van der Waals surface area contributed by atoms with E-state index in [4.69, 9.17) is 4.74 Å². The van der Waals surface area contributed by atoms with E-state index < -0.39 is 0 Å². The Bertz CT molecular complexity index is 1620. The number of hydrogen-bond donors (Lipinski definition) is 4. The second-order valence-electron chi connectivity index (χ2n) is 12.2. The van der Waals surface area contributed by atoms with Crippen LogP contribution in [0.4, 0.5) is 14.9 Å². The van der Waals surface area contributed by atoms with E-state index in [2.05, 4.69) is 79.3 Å². The van der Waals surface area contributed by atoms with E-state index in [1.165, 1.54) is 26.8 Å². The van der Waals surface area contributed by atoms with Crippen LogP contribution in [0.15, 0.2) is 54.9 Å². The number of anilines is 1. The highest BCUT2D eigenvalue weighted by Crippen LogP contribution is 2.34. The van der Waals surface area contributed by atoms with E-state index in [1.54, 1.807) is 37.5 Å². The van der Waals surface area contributed by atoms with Crippen molar-refractivity contribution in [2.75, 3.05) is 65.9 Å². The van der Waals surface area contributed by atoms with Crippen LogP contribution in [0.25, 0.3) is 20.8 Å². The van der Waals surface area contributed by atoms with Gasteiger partial charge in [0.15, 0.2) is 0 Å². The minimum atomic E-state index is -0.314. The van der Waals surface area contributed by atoms with Crippen molar-refractivity contribution in [3.05, 3.63) is 77.4 Å². The lowest BCUT2D eigenvalue weighted by molar-refractivity contribution is -0.110. The topological polar surface area (TPSA) is 141 Å². The molecular formula is C38H55FN8O4S. The van der Waals surface area contributed by atoms with Crippen molar-refractivity contribution in [2.24, 2.45) is 0 Å². The first-order chi connectivity index (χ1) is 25.1. The van der Waals surface area contributed by atoms with Crippen LogP contribution in [0, 0.1) is 12.7 Å². The van der Waals surface area contributed by atoms with Gasteiger partial charge in [-0.05, 0) is 88.3 Å². The normalized spacial score (nSPS) is 12.2. The summed E-state index contributed by atoms with van der Waals surface area (Å²) in [5.74, 6) is -0.314. The molecule has 0 saturated carbocycles. The number of halogens is 1. The van der Waals surface area contributed by atoms with Crippen LogP contribution in [-0.4, -0.2) is 105 Å². The molecule has 1 saturated heterocycles. The number of nitrogens with one attached hydrogen (secondary N) is 4. The summed E-state index contributed by atoms with van der Waals surface area (Å²) >= 11 is 1.80. The SMILES string of the molecule is CCCc1ccnc2cc(-c3ccc(CN(C)CCOC)cn3)sc12.CCNC=O.CCNC=O.Cc1ccc(NC(=O)NC2CN(C)C2)cc1F. The molecule has 52 heavy (non-hydrogen) atoms. The van der Waals surface area contributed by atoms with Gasteiger partial charge in [-0.3, -0.25) is 24.5 Å². The zero-order valence-corrected chi connectivity index (χ0v) is 32.3. The number of likely N-dealkylation sites (tertiary alicyclic amines) is 1. The Kier molecular flexibility index (Phi) is 20.7. The molecule has 1 fully saturated rings. The van der Waals surface area contributed by atoms with E-state index in [0.717, 1.165) is 69.9 Å². The predicted molar refractivity (Wildman–Crippen MR) is 209 cm³/mol. The van der Waals surface area contributed by atoms with E-state index in [1.807, 2.05) is 33.3 Å². The molecule has 4 N–H and O–H groups in total. The van der Waals surface area contributed by atoms with E-state index in [9.17, 15) is 18.8 Å². The standard InChI is InChI=1S/C20H25N3OS.C12H16FN3O.2C3H7NO/c1-4-5-16-8-9-21-18-12-19(25-20(16)18)17-7-6-15(13-22-17)14-23(2)10-11-24-3;1-8-3-4-9(5-11(8)13)14-12(17)15-10-6-16(2)7-10;2*1-2-4-3-5/h6-9,12-13H,4-5,10-11,14H2,1-3H3;3-5,10H,6-7H2,1-2H3,(H2,14,15,17);2*3H,2H2,1H3,(H,4,5). The molecule has 284 valence electrons. The van der Waals surface area contributed by atoms with Crippen LogP contribution in [0.2, 0.25) is 0 Å². The molecule has 0 aliphatic carbocycles. The summed E-state index contributed by atoms with van der Waals surface area (Å²) in [5, 5.41) is 10.3. The van der Waals surface area contributed by atoms with Crippen LogP contribution in [0.5, 0.6) is 0 Å². The molecule has 0 radical (unpaired) electrons. The first kappa shape index (κ1) is 43.7. The van der Waals surface area contributed by atoms with E-state index >= 15 is 0 Å². The Morgan fingerprint density at radius 1 is 1.06 bits per heavy atom. The Morgan fingerprint density at radius 2 is 1.77 bits per heavy atom. The number of hydrogen-bond acceptors (Lipinski definition) is 9. The Labute approximate surface area is 311 Å². The number of amides is 4. The van der Waals surface area contributed by atoms with Crippen LogP contribution >= 0.6 is 11.3 Å². The minimum Gasteiger partial charge on any atom is -0.383 e. The van der Waals surface area contributed by atoms with Crippen molar-refractivity contribution >= 4 is 46.1 Å². The van der Waals surface area contributed by atoms with E-state index in [-0.39, 0.29) is 17.9 Å². The van der Waals surface area contributed by atoms with Crippen molar-refractivity contribution in [3.8, 4) is 10.6 Å². The number of benzene rings is 1. The Hall–Kier alpha value is -4.50. The van der Waals surface area contributed by atoms with Gasteiger partial charge >= 0.3 is 6.03 Å². The predicted octanol–water partition coefficient (Wildman–Crippen LogP) is 5.46. The molecule has 0 unspecified atom stereocenters. The lowest BCUT2D eigenvalue weighted by atomic mass is 10.1. The molecular weight excluding hydrogens is 684 g/mol. The average Bonchev–Trinajstić information content (AvgIpc) is 3.56. The third-order valence-corrected chi connectivity index (χ3v) is 8.85. The molecule has 1 aliphatic rings.